The Morgan fingerprint density at radius 2 is 1.97 bits per heavy atom. The van der Waals surface area contributed by atoms with Gasteiger partial charge in [0.25, 0.3) is 5.91 Å². The number of furan rings is 1. The Kier molecular flexibility index (Phi) is 5.01. The van der Waals surface area contributed by atoms with E-state index in [2.05, 4.69) is 34.3 Å². The van der Waals surface area contributed by atoms with E-state index in [4.69, 9.17) is 4.42 Å². The zero-order valence-electron chi connectivity index (χ0n) is 17.3. The summed E-state index contributed by atoms with van der Waals surface area (Å²) in [6, 6.07) is 12.2. The van der Waals surface area contributed by atoms with Crippen molar-refractivity contribution in [2.45, 2.75) is 25.9 Å². The molecule has 0 unspecified atom stereocenters. The van der Waals surface area contributed by atoms with E-state index < -0.39 is 0 Å². The van der Waals surface area contributed by atoms with Crippen LogP contribution in [-0.4, -0.2) is 45.1 Å². The van der Waals surface area contributed by atoms with Crippen LogP contribution in [0.25, 0.3) is 6.08 Å². The van der Waals surface area contributed by atoms with E-state index in [1.54, 1.807) is 6.26 Å². The molecule has 0 bridgehead atoms. The second-order valence-electron chi connectivity index (χ2n) is 8.05. The number of aromatic nitrogens is 2. The molecule has 6 heteroatoms. The van der Waals surface area contributed by atoms with Gasteiger partial charge in [-0.05, 0) is 35.8 Å². The van der Waals surface area contributed by atoms with Crippen LogP contribution in [-0.2, 0) is 33.0 Å². The Morgan fingerprint density at radius 1 is 1.10 bits per heavy atom. The van der Waals surface area contributed by atoms with E-state index in [1.807, 2.05) is 40.9 Å². The van der Waals surface area contributed by atoms with Crippen LogP contribution in [0.15, 0.2) is 53.2 Å². The molecule has 5 rings (SSSR count). The SMILES string of the molecule is Cn1nc(C(=O)N2CCc3ccccc3C2)c2c1CCN(C/C=C/c1ccco1)C2. The number of fused-ring (bicyclic) bond motifs is 2. The summed E-state index contributed by atoms with van der Waals surface area (Å²) in [5.74, 6) is 0.907. The van der Waals surface area contributed by atoms with Gasteiger partial charge in [-0.3, -0.25) is 14.4 Å². The number of rotatable bonds is 4. The molecule has 30 heavy (non-hydrogen) atoms. The van der Waals surface area contributed by atoms with Gasteiger partial charge in [0.2, 0.25) is 0 Å². The highest BCUT2D eigenvalue weighted by Gasteiger charge is 2.30. The zero-order valence-corrected chi connectivity index (χ0v) is 17.3. The van der Waals surface area contributed by atoms with E-state index in [0.29, 0.717) is 12.2 Å². The van der Waals surface area contributed by atoms with Gasteiger partial charge in [-0.15, -0.1) is 0 Å². The average molecular weight is 402 g/mol. The molecule has 2 aromatic heterocycles. The maximum atomic E-state index is 13.4. The highest BCUT2D eigenvalue weighted by molar-refractivity contribution is 5.94. The molecule has 3 aromatic rings. The number of aryl methyl sites for hydroxylation is 1. The van der Waals surface area contributed by atoms with Crippen LogP contribution < -0.4 is 0 Å². The highest BCUT2D eigenvalue weighted by Crippen LogP contribution is 2.26. The lowest BCUT2D eigenvalue weighted by molar-refractivity contribution is 0.0725. The van der Waals surface area contributed by atoms with Crippen LogP contribution >= 0.6 is 0 Å². The average Bonchev–Trinajstić information content (AvgIpc) is 3.41. The van der Waals surface area contributed by atoms with E-state index in [-0.39, 0.29) is 5.91 Å². The Labute approximate surface area is 176 Å². The number of carbonyl (C=O) groups excluding carboxylic acids is 1. The fourth-order valence-corrected chi connectivity index (χ4v) is 4.50. The maximum Gasteiger partial charge on any atom is 0.275 e. The molecule has 1 aromatic carbocycles. The predicted octanol–water partition coefficient (Wildman–Crippen LogP) is 3.28. The summed E-state index contributed by atoms with van der Waals surface area (Å²) in [7, 11) is 1.95. The molecule has 0 aliphatic carbocycles. The van der Waals surface area contributed by atoms with Gasteiger partial charge in [0, 0.05) is 57.4 Å². The minimum Gasteiger partial charge on any atom is -0.465 e. The monoisotopic (exact) mass is 402 g/mol. The van der Waals surface area contributed by atoms with Crippen molar-refractivity contribution in [1.82, 2.24) is 19.6 Å². The van der Waals surface area contributed by atoms with E-state index in [0.717, 1.165) is 50.3 Å². The first kappa shape index (κ1) is 18.9. The van der Waals surface area contributed by atoms with Gasteiger partial charge in [0.1, 0.15) is 5.76 Å². The van der Waals surface area contributed by atoms with Gasteiger partial charge in [-0.1, -0.05) is 30.3 Å². The standard InChI is InChI=1S/C24H26N4O2/c1-26-22-11-13-27(12-4-8-20-9-5-15-30-20)17-21(22)23(25-26)24(29)28-14-10-18-6-2-3-7-19(18)16-28/h2-9,15H,10-14,16-17H2,1H3/b8-4+. The first-order valence-electron chi connectivity index (χ1n) is 10.5. The maximum absolute atomic E-state index is 13.4. The minimum absolute atomic E-state index is 0.0503. The lowest BCUT2D eigenvalue weighted by Crippen LogP contribution is -2.37. The topological polar surface area (TPSA) is 54.5 Å². The largest absolute Gasteiger partial charge is 0.465 e. The normalized spacial score (nSPS) is 16.6. The molecule has 0 radical (unpaired) electrons. The number of carbonyl (C=O) groups is 1. The first-order valence-corrected chi connectivity index (χ1v) is 10.5. The predicted molar refractivity (Wildman–Crippen MR) is 115 cm³/mol. The Morgan fingerprint density at radius 3 is 2.80 bits per heavy atom. The minimum atomic E-state index is 0.0503. The Hall–Kier alpha value is -3.12. The summed E-state index contributed by atoms with van der Waals surface area (Å²) < 4.78 is 7.26. The van der Waals surface area contributed by atoms with Gasteiger partial charge in [0.05, 0.1) is 6.26 Å². The molecule has 1 amide bonds. The highest BCUT2D eigenvalue weighted by atomic mass is 16.3. The number of hydrogen-bond acceptors (Lipinski definition) is 4. The quantitative estimate of drug-likeness (QED) is 0.672. The van der Waals surface area contributed by atoms with Crippen LogP contribution in [0, 0.1) is 0 Å². The summed E-state index contributed by atoms with van der Waals surface area (Å²) >= 11 is 0. The molecule has 0 saturated heterocycles. The number of benzene rings is 1. The van der Waals surface area contributed by atoms with Gasteiger partial charge < -0.3 is 9.32 Å². The van der Waals surface area contributed by atoms with Crippen molar-refractivity contribution in [3.8, 4) is 0 Å². The van der Waals surface area contributed by atoms with Gasteiger partial charge in [-0.2, -0.15) is 5.10 Å². The molecular formula is C24H26N4O2. The van der Waals surface area contributed by atoms with Gasteiger partial charge in [0.15, 0.2) is 5.69 Å². The molecule has 4 heterocycles. The Balaban J connectivity index is 1.32. The van der Waals surface area contributed by atoms with E-state index in [1.165, 1.54) is 16.8 Å². The lowest BCUT2D eigenvalue weighted by atomic mass is 9.99. The van der Waals surface area contributed by atoms with Gasteiger partial charge >= 0.3 is 0 Å². The molecule has 6 nitrogen and oxygen atoms in total. The third-order valence-electron chi connectivity index (χ3n) is 6.13. The van der Waals surface area contributed by atoms with Crippen molar-refractivity contribution in [2.24, 2.45) is 7.05 Å². The van der Waals surface area contributed by atoms with Crippen LogP contribution in [0.5, 0.6) is 0 Å². The van der Waals surface area contributed by atoms with Crippen LogP contribution in [0.2, 0.25) is 0 Å². The third kappa shape index (κ3) is 3.59. The molecule has 0 spiro atoms. The smallest absolute Gasteiger partial charge is 0.275 e. The molecule has 0 atom stereocenters. The summed E-state index contributed by atoms with van der Waals surface area (Å²) in [5, 5.41) is 4.64. The second-order valence-corrected chi connectivity index (χ2v) is 8.05. The zero-order chi connectivity index (χ0) is 20.5. The number of amides is 1. The van der Waals surface area contributed by atoms with Crippen molar-refractivity contribution in [2.75, 3.05) is 19.6 Å². The molecule has 0 saturated carbocycles. The molecular weight excluding hydrogens is 376 g/mol. The summed E-state index contributed by atoms with van der Waals surface area (Å²) in [4.78, 5) is 17.7. The summed E-state index contributed by atoms with van der Waals surface area (Å²) in [5.41, 5.74) is 5.47. The Bertz CT molecular complexity index is 1080. The van der Waals surface area contributed by atoms with Crippen molar-refractivity contribution >= 4 is 12.0 Å². The molecule has 0 fully saturated rings. The number of nitrogens with zero attached hydrogens (tertiary/aromatic N) is 4. The molecule has 2 aliphatic heterocycles. The van der Waals surface area contributed by atoms with Crippen molar-refractivity contribution in [3.05, 3.63) is 82.6 Å². The first-order chi connectivity index (χ1) is 14.7. The van der Waals surface area contributed by atoms with Crippen molar-refractivity contribution in [1.29, 1.82) is 0 Å². The second kappa shape index (κ2) is 7.95. The van der Waals surface area contributed by atoms with Crippen molar-refractivity contribution in [3.63, 3.8) is 0 Å². The molecule has 154 valence electrons. The molecule has 2 aliphatic rings. The molecule has 0 N–H and O–H groups in total. The van der Waals surface area contributed by atoms with E-state index in [9.17, 15) is 4.79 Å². The fourth-order valence-electron chi connectivity index (χ4n) is 4.50. The van der Waals surface area contributed by atoms with Crippen LogP contribution in [0.3, 0.4) is 0 Å². The van der Waals surface area contributed by atoms with Crippen LogP contribution in [0.4, 0.5) is 0 Å². The van der Waals surface area contributed by atoms with Gasteiger partial charge in [-0.25, -0.2) is 0 Å². The summed E-state index contributed by atoms with van der Waals surface area (Å²) in [6.07, 6.45) is 7.60. The number of hydrogen-bond donors (Lipinski definition) is 0. The van der Waals surface area contributed by atoms with E-state index >= 15 is 0 Å². The summed E-state index contributed by atoms with van der Waals surface area (Å²) in [6.45, 7) is 3.93. The lowest BCUT2D eigenvalue weighted by Gasteiger charge is -2.30. The fraction of sp³-hybridized carbons (Fsp3) is 0.333. The van der Waals surface area contributed by atoms with Crippen molar-refractivity contribution < 1.29 is 9.21 Å². The third-order valence-corrected chi connectivity index (χ3v) is 6.13. The van der Waals surface area contributed by atoms with Crippen LogP contribution in [0.1, 0.15) is 38.6 Å².